The van der Waals surface area contributed by atoms with Gasteiger partial charge in [-0.15, -0.1) is 0 Å². The lowest BCUT2D eigenvalue weighted by molar-refractivity contribution is -0.384. The molecular weight excluding hydrogens is 327 g/mol. The van der Waals surface area contributed by atoms with Gasteiger partial charge in [-0.05, 0) is 36.4 Å². The molecule has 0 bridgehead atoms. The maximum absolute atomic E-state index is 12.4. The quantitative estimate of drug-likeness (QED) is 0.643. The number of non-ortho nitro benzene ring substituents is 1. The number of hydrogen-bond donors (Lipinski definition) is 2. The van der Waals surface area contributed by atoms with Crippen molar-refractivity contribution in [3.8, 4) is 0 Å². The van der Waals surface area contributed by atoms with Gasteiger partial charge in [0, 0.05) is 23.5 Å². The number of nitro groups is 1. The first-order chi connectivity index (χ1) is 11.3. The minimum atomic E-state index is -4.41. The van der Waals surface area contributed by atoms with Crippen LogP contribution in [0.15, 0.2) is 48.5 Å². The van der Waals surface area contributed by atoms with E-state index in [9.17, 15) is 28.1 Å². The van der Waals surface area contributed by atoms with Gasteiger partial charge in [-0.25, -0.2) is 0 Å². The molecule has 0 spiro atoms. The zero-order valence-electron chi connectivity index (χ0n) is 12.1. The van der Waals surface area contributed by atoms with Gasteiger partial charge in [-0.3, -0.25) is 14.9 Å². The average Bonchev–Trinajstić information content (AvgIpc) is 2.53. The summed E-state index contributed by atoms with van der Waals surface area (Å²) in [7, 11) is 0. The van der Waals surface area contributed by atoms with Crippen LogP contribution in [0, 0.1) is 10.1 Å². The third-order valence-electron chi connectivity index (χ3n) is 3.03. The smallest absolute Gasteiger partial charge is 0.376 e. The zero-order valence-corrected chi connectivity index (χ0v) is 12.1. The summed E-state index contributed by atoms with van der Waals surface area (Å²) in [5.74, 6) is -0.441. The second-order valence-corrected chi connectivity index (χ2v) is 4.78. The Balaban J connectivity index is 1.87. The van der Waals surface area contributed by atoms with Crippen LogP contribution < -0.4 is 10.6 Å². The molecule has 2 N–H and O–H groups in total. The Labute approximate surface area is 134 Å². The van der Waals surface area contributed by atoms with E-state index in [1.165, 1.54) is 36.4 Å². The van der Waals surface area contributed by atoms with Gasteiger partial charge in [0.05, 0.1) is 17.0 Å². The number of halogens is 3. The SMILES string of the molecule is O=C(CNc1ccc(C(F)(F)F)cc1)Nc1ccc([N+](=O)[O-])cc1. The molecule has 0 fully saturated rings. The lowest BCUT2D eigenvalue weighted by atomic mass is 10.2. The van der Waals surface area contributed by atoms with E-state index in [1.807, 2.05) is 0 Å². The van der Waals surface area contributed by atoms with Gasteiger partial charge in [0.15, 0.2) is 0 Å². The first-order valence-corrected chi connectivity index (χ1v) is 6.71. The van der Waals surface area contributed by atoms with Crippen molar-refractivity contribution < 1.29 is 22.9 Å². The summed E-state index contributed by atoms with van der Waals surface area (Å²) in [6, 6.07) is 9.54. The van der Waals surface area contributed by atoms with Crippen LogP contribution in [0.1, 0.15) is 5.56 Å². The number of rotatable bonds is 5. The molecule has 0 radical (unpaired) electrons. The number of hydrogen-bond acceptors (Lipinski definition) is 4. The normalized spacial score (nSPS) is 11.0. The molecule has 9 heteroatoms. The molecule has 2 rings (SSSR count). The van der Waals surface area contributed by atoms with Gasteiger partial charge in [-0.2, -0.15) is 13.2 Å². The third-order valence-corrected chi connectivity index (χ3v) is 3.03. The fourth-order valence-electron chi connectivity index (χ4n) is 1.83. The second kappa shape index (κ2) is 6.99. The summed E-state index contributed by atoms with van der Waals surface area (Å²) in [5.41, 5.74) is -0.138. The second-order valence-electron chi connectivity index (χ2n) is 4.78. The molecule has 1 amide bonds. The Hall–Kier alpha value is -3.10. The lowest BCUT2D eigenvalue weighted by Crippen LogP contribution is -2.21. The Kier molecular flexibility index (Phi) is 5.02. The molecule has 0 aliphatic heterocycles. The molecule has 0 aromatic heterocycles. The highest BCUT2D eigenvalue weighted by Gasteiger charge is 2.29. The van der Waals surface area contributed by atoms with Gasteiger partial charge in [0.1, 0.15) is 0 Å². The number of carbonyl (C=O) groups is 1. The summed E-state index contributed by atoms with van der Waals surface area (Å²) in [5, 5.41) is 15.7. The Morgan fingerprint density at radius 3 is 2.04 bits per heavy atom. The van der Waals surface area contributed by atoms with E-state index in [0.29, 0.717) is 11.4 Å². The summed E-state index contributed by atoms with van der Waals surface area (Å²) < 4.78 is 37.3. The van der Waals surface area contributed by atoms with Crippen molar-refractivity contribution in [2.45, 2.75) is 6.18 Å². The number of anilines is 2. The molecule has 0 aliphatic carbocycles. The van der Waals surface area contributed by atoms with Crippen molar-refractivity contribution in [3.63, 3.8) is 0 Å². The Bertz CT molecular complexity index is 728. The molecule has 0 atom stereocenters. The largest absolute Gasteiger partial charge is 0.416 e. The van der Waals surface area contributed by atoms with Crippen molar-refractivity contribution in [1.82, 2.24) is 0 Å². The molecule has 2 aromatic carbocycles. The van der Waals surface area contributed by atoms with E-state index in [0.717, 1.165) is 12.1 Å². The van der Waals surface area contributed by atoms with Crippen molar-refractivity contribution in [2.24, 2.45) is 0 Å². The molecule has 0 saturated heterocycles. The number of nitrogens with one attached hydrogen (secondary N) is 2. The monoisotopic (exact) mass is 339 g/mol. The minimum Gasteiger partial charge on any atom is -0.376 e. The average molecular weight is 339 g/mol. The first kappa shape index (κ1) is 17.3. The van der Waals surface area contributed by atoms with Crippen LogP contribution in [0.3, 0.4) is 0 Å². The molecule has 126 valence electrons. The van der Waals surface area contributed by atoms with Crippen LogP contribution in [0.25, 0.3) is 0 Å². The van der Waals surface area contributed by atoms with Crippen LogP contribution in [0.5, 0.6) is 0 Å². The topological polar surface area (TPSA) is 84.3 Å². The lowest BCUT2D eigenvalue weighted by Gasteiger charge is -2.10. The predicted molar refractivity (Wildman–Crippen MR) is 81.7 cm³/mol. The Morgan fingerprint density at radius 2 is 1.54 bits per heavy atom. The number of benzene rings is 2. The molecule has 0 heterocycles. The van der Waals surface area contributed by atoms with Crippen LogP contribution in [0.2, 0.25) is 0 Å². The van der Waals surface area contributed by atoms with Crippen molar-refractivity contribution >= 4 is 23.0 Å². The van der Waals surface area contributed by atoms with E-state index < -0.39 is 22.6 Å². The summed E-state index contributed by atoms with van der Waals surface area (Å²) >= 11 is 0. The molecule has 0 unspecified atom stereocenters. The highest BCUT2D eigenvalue weighted by atomic mass is 19.4. The van der Waals surface area contributed by atoms with Crippen LogP contribution >= 0.6 is 0 Å². The molecule has 6 nitrogen and oxygen atoms in total. The maximum atomic E-state index is 12.4. The number of carbonyl (C=O) groups excluding carboxylic acids is 1. The number of amides is 1. The fourth-order valence-corrected chi connectivity index (χ4v) is 1.83. The van der Waals surface area contributed by atoms with Gasteiger partial charge in [0.2, 0.25) is 5.91 Å². The highest BCUT2D eigenvalue weighted by Crippen LogP contribution is 2.29. The van der Waals surface area contributed by atoms with Gasteiger partial charge < -0.3 is 10.6 Å². The van der Waals surface area contributed by atoms with E-state index >= 15 is 0 Å². The predicted octanol–water partition coefficient (Wildman–Crippen LogP) is 3.66. The standard InChI is InChI=1S/C15H12F3N3O3/c16-15(17,18)10-1-3-11(4-2-10)19-9-14(22)20-12-5-7-13(8-6-12)21(23)24/h1-8,19H,9H2,(H,20,22). The van der Waals surface area contributed by atoms with Crippen LogP contribution in [0.4, 0.5) is 30.2 Å². The van der Waals surface area contributed by atoms with Crippen molar-refractivity contribution in [2.75, 3.05) is 17.2 Å². The third kappa shape index (κ3) is 4.70. The van der Waals surface area contributed by atoms with Gasteiger partial charge in [-0.1, -0.05) is 0 Å². The molecule has 24 heavy (non-hydrogen) atoms. The van der Waals surface area contributed by atoms with E-state index in [-0.39, 0.29) is 12.2 Å². The molecule has 0 aliphatic rings. The van der Waals surface area contributed by atoms with E-state index in [4.69, 9.17) is 0 Å². The number of nitro benzene ring substituents is 1. The summed E-state index contributed by atoms with van der Waals surface area (Å²) in [6.07, 6.45) is -4.41. The summed E-state index contributed by atoms with van der Waals surface area (Å²) in [4.78, 5) is 21.7. The Morgan fingerprint density at radius 1 is 1.00 bits per heavy atom. The molecular formula is C15H12F3N3O3. The van der Waals surface area contributed by atoms with Crippen molar-refractivity contribution in [1.29, 1.82) is 0 Å². The van der Waals surface area contributed by atoms with Gasteiger partial charge >= 0.3 is 6.18 Å². The van der Waals surface area contributed by atoms with Gasteiger partial charge in [0.25, 0.3) is 5.69 Å². The summed E-state index contributed by atoms with van der Waals surface area (Å²) in [6.45, 7) is -0.164. The minimum absolute atomic E-state index is 0.101. The maximum Gasteiger partial charge on any atom is 0.416 e. The highest BCUT2D eigenvalue weighted by molar-refractivity contribution is 5.93. The van der Waals surface area contributed by atoms with Crippen LogP contribution in [-0.2, 0) is 11.0 Å². The molecule has 2 aromatic rings. The van der Waals surface area contributed by atoms with Crippen molar-refractivity contribution in [3.05, 3.63) is 64.2 Å². The van der Waals surface area contributed by atoms with E-state index in [1.54, 1.807) is 0 Å². The number of nitrogens with zero attached hydrogens (tertiary/aromatic N) is 1. The number of alkyl halides is 3. The van der Waals surface area contributed by atoms with E-state index in [2.05, 4.69) is 10.6 Å². The zero-order chi connectivity index (χ0) is 17.7. The molecule has 0 saturated carbocycles. The first-order valence-electron chi connectivity index (χ1n) is 6.71. The van der Waals surface area contributed by atoms with Crippen LogP contribution in [-0.4, -0.2) is 17.4 Å². The fraction of sp³-hybridized carbons (Fsp3) is 0.133.